The van der Waals surface area contributed by atoms with Gasteiger partial charge in [-0.1, -0.05) is 32.6 Å². The van der Waals surface area contributed by atoms with Crippen LogP contribution in [0.25, 0.3) is 0 Å². The summed E-state index contributed by atoms with van der Waals surface area (Å²) < 4.78 is 0. The lowest BCUT2D eigenvalue weighted by Gasteiger charge is -2.11. The van der Waals surface area contributed by atoms with E-state index in [2.05, 4.69) is 5.32 Å². The minimum absolute atomic E-state index is 0.215. The van der Waals surface area contributed by atoms with Gasteiger partial charge in [-0.2, -0.15) is 5.26 Å². The predicted molar refractivity (Wildman–Crippen MR) is 64.0 cm³/mol. The fourth-order valence-corrected chi connectivity index (χ4v) is 2.24. The van der Waals surface area contributed by atoms with Crippen LogP contribution < -0.4 is 5.32 Å². The lowest BCUT2D eigenvalue weighted by molar-refractivity contribution is -0.132. The third-order valence-corrected chi connectivity index (χ3v) is 3.23. The molecule has 0 aromatic rings. The van der Waals surface area contributed by atoms with E-state index in [4.69, 9.17) is 5.26 Å². The molecule has 1 aliphatic rings. The number of Topliss-reactive ketones (excluding diaryl/α,β-unsaturated/α-hetero) is 1. The Kier molecular flexibility index (Phi) is 5.68. The summed E-state index contributed by atoms with van der Waals surface area (Å²) in [5.41, 5.74) is 0. The normalized spacial score (nSPS) is 17.4. The maximum atomic E-state index is 11.9. The van der Waals surface area contributed by atoms with E-state index in [0.717, 1.165) is 32.1 Å². The topological polar surface area (TPSA) is 70.0 Å². The fourth-order valence-electron chi connectivity index (χ4n) is 2.24. The third kappa shape index (κ3) is 4.18. The van der Waals surface area contributed by atoms with Crippen molar-refractivity contribution in [3.8, 4) is 6.07 Å². The molecule has 1 rings (SSSR count). The Morgan fingerprint density at radius 1 is 1.41 bits per heavy atom. The van der Waals surface area contributed by atoms with Crippen LogP contribution in [0.2, 0.25) is 0 Å². The van der Waals surface area contributed by atoms with Gasteiger partial charge in [-0.15, -0.1) is 0 Å². The number of ketones is 1. The molecular formula is C13H20N2O2. The second-order valence-electron chi connectivity index (χ2n) is 4.67. The van der Waals surface area contributed by atoms with Crippen LogP contribution in [-0.4, -0.2) is 18.2 Å². The first kappa shape index (κ1) is 13.7. The zero-order valence-electron chi connectivity index (χ0n) is 10.4. The molecule has 0 bridgehead atoms. The van der Waals surface area contributed by atoms with E-state index < -0.39 is 11.8 Å². The van der Waals surface area contributed by atoms with Gasteiger partial charge in [0, 0.05) is 13.0 Å². The van der Waals surface area contributed by atoms with Gasteiger partial charge in [0.05, 0.1) is 6.07 Å². The summed E-state index contributed by atoms with van der Waals surface area (Å²) in [6, 6.07) is 1.82. The number of rotatable bonds is 6. The van der Waals surface area contributed by atoms with Crippen molar-refractivity contribution in [3.05, 3.63) is 0 Å². The highest BCUT2D eigenvalue weighted by Crippen LogP contribution is 2.28. The highest BCUT2D eigenvalue weighted by molar-refractivity contribution is 6.03. The van der Waals surface area contributed by atoms with Gasteiger partial charge in [-0.05, 0) is 12.3 Å². The van der Waals surface area contributed by atoms with Gasteiger partial charge in [0.25, 0.3) is 0 Å². The molecule has 1 atom stereocenters. The van der Waals surface area contributed by atoms with Gasteiger partial charge in [0.15, 0.2) is 11.7 Å². The van der Waals surface area contributed by atoms with Crippen molar-refractivity contribution in [3.63, 3.8) is 0 Å². The van der Waals surface area contributed by atoms with Crippen molar-refractivity contribution in [1.29, 1.82) is 5.26 Å². The second kappa shape index (κ2) is 7.05. The van der Waals surface area contributed by atoms with Crippen LogP contribution in [0.5, 0.6) is 0 Å². The molecular weight excluding hydrogens is 216 g/mol. The van der Waals surface area contributed by atoms with Crippen LogP contribution in [-0.2, 0) is 9.59 Å². The lowest BCUT2D eigenvalue weighted by Crippen LogP contribution is -2.35. The Balaban J connectivity index is 2.45. The van der Waals surface area contributed by atoms with Gasteiger partial charge in [-0.25, -0.2) is 0 Å². The Morgan fingerprint density at radius 2 is 2.06 bits per heavy atom. The molecule has 4 nitrogen and oxygen atoms in total. The summed E-state index contributed by atoms with van der Waals surface area (Å²) in [5.74, 6) is -1.37. The maximum absolute atomic E-state index is 11.9. The van der Waals surface area contributed by atoms with E-state index in [-0.39, 0.29) is 5.78 Å². The van der Waals surface area contributed by atoms with Gasteiger partial charge in [0.2, 0.25) is 5.91 Å². The molecule has 1 saturated carbocycles. The number of nitrogens with zero attached hydrogens (tertiary/aromatic N) is 1. The van der Waals surface area contributed by atoms with Crippen molar-refractivity contribution in [2.24, 2.45) is 11.8 Å². The largest absolute Gasteiger partial charge is 0.355 e. The Hall–Kier alpha value is -1.37. The summed E-state index contributed by atoms with van der Waals surface area (Å²) in [4.78, 5) is 23.4. The van der Waals surface area contributed by atoms with Crippen LogP contribution in [0.15, 0.2) is 0 Å². The zero-order chi connectivity index (χ0) is 12.7. The highest BCUT2D eigenvalue weighted by Gasteiger charge is 2.28. The minimum atomic E-state index is -1.11. The van der Waals surface area contributed by atoms with Crippen molar-refractivity contribution in [1.82, 2.24) is 5.32 Å². The molecule has 0 spiro atoms. The monoisotopic (exact) mass is 236 g/mol. The van der Waals surface area contributed by atoms with Crippen LogP contribution in [0.1, 0.15) is 45.4 Å². The zero-order valence-corrected chi connectivity index (χ0v) is 10.4. The van der Waals surface area contributed by atoms with E-state index in [9.17, 15) is 9.59 Å². The lowest BCUT2D eigenvalue weighted by atomic mass is 9.93. The number of hydrogen-bond acceptors (Lipinski definition) is 3. The van der Waals surface area contributed by atoms with E-state index in [0.29, 0.717) is 18.9 Å². The number of carbonyl (C=O) groups is 2. The number of carbonyl (C=O) groups excluding carboxylic acids is 2. The Bertz CT molecular complexity index is 314. The second-order valence-corrected chi connectivity index (χ2v) is 4.67. The van der Waals surface area contributed by atoms with Gasteiger partial charge in [-0.3, -0.25) is 9.59 Å². The molecule has 0 saturated heterocycles. The standard InChI is InChI=1S/C13H20N2O2/c1-2-7-15-13(17)11(9-14)12(16)8-10-5-3-4-6-10/h10-11H,2-8H2,1H3,(H,15,17). The summed E-state index contributed by atoms with van der Waals surface area (Å²) in [6.07, 6.45) is 5.63. The average molecular weight is 236 g/mol. The number of nitrogens with one attached hydrogen (secondary N) is 1. The van der Waals surface area contributed by atoms with E-state index in [1.54, 1.807) is 0 Å². The first-order valence-corrected chi connectivity index (χ1v) is 6.39. The van der Waals surface area contributed by atoms with E-state index in [1.165, 1.54) is 0 Å². The summed E-state index contributed by atoms with van der Waals surface area (Å²) >= 11 is 0. The Morgan fingerprint density at radius 3 is 2.59 bits per heavy atom. The molecule has 0 aromatic heterocycles. The first-order chi connectivity index (χ1) is 8.19. The molecule has 1 fully saturated rings. The predicted octanol–water partition coefficient (Wildman–Crippen LogP) is 1.80. The molecule has 17 heavy (non-hydrogen) atoms. The molecule has 1 N–H and O–H groups in total. The van der Waals surface area contributed by atoms with Crippen molar-refractivity contribution in [2.45, 2.75) is 45.4 Å². The number of amides is 1. The van der Waals surface area contributed by atoms with Crippen LogP contribution >= 0.6 is 0 Å². The fraction of sp³-hybridized carbons (Fsp3) is 0.769. The molecule has 0 aliphatic heterocycles. The Labute approximate surface area is 102 Å². The van der Waals surface area contributed by atoms with E-state index >= 15 is 0 Å². The molecule has 1 aliphatic carbocycles. The summed E-state index contributed by atoms with van der Waals surface area (Å²) in [7, 11) is 0. The molecule has 1 unspecified atom stereocenters. The van der Waals surface area contributed by atoms with E-state index in [1.807, 2.05) is 13.0 Å². The summed E-state index contributed by atoms with van der Waals surface area (Å²) in [5, 5.41) is 11.5. The van der Waals surface area contributed by atoms with Gasteiger partial charge >= 0.3 is 0 Å². The quantitative estimate of drug-likeness (QED) is 0.715. The van der Waals surface area contributed by atoms with Crippen molar-refractivity contribution < 1.29 is 9.59 Å². The smallest absolute Gasteiger partial charge is 0.244 e. The molecule has 0 radical (unpaired) electrons. The highest BCUT2D eigenvalue weighted by atomic mass is 16.2. The first-order valence-electron chi connectivity index (χ1n) is 6.39. The molecule has 94 valence electrons. The SMILES string of the molecule is CCCNC(=O)C(C#N)C(=O)CC1CCCC1. The minimum Gasteiger partial charge on any atom is -0.355 e. The molecule has 4 heteroatoms. The van der Waals surface area contributed by atoms with Crippen LogP contribution in [0.3, 0.4) is 0 Å². The summed E-state index contributed by atoms with van der Waals surface area (Å²) in [6.45, 7) is 2.45. The number of hydrogen-bond donors (Lipinski definition) is 1. The van der Waals surface area contributed by atoms with Crippen molar-refractivity contribution >= 4 is 11.7 Å². The molecule has 0 heterocycles. The van der Waals surface area contributed by atoms with Gasteiger partial charge < -0.3 is 5.32 Å². The number of nitriles is 1. The van der Waals surface area contributed by atoms with Crippen LogP contribution in [0.4, 0.5) is 0 Å². The van der Waals surface area contributed by atoms with Gasteiger partial charge in [0.1, 0.15) is 0 Å². The third-order valence-electron chi connectivity index (χ3n) is 3.23. The average Bonchev–Trinajstić information content (AvgIpc) is 2.80. The molecule has 0 aromatic carbocycles. The maximum Gasteiger partial charge on any atom is 0.244 e. The van der Waals surface area contributed by atoms with Crippen molar-refractivity contribution in [2.75, 3.05) is 6.54 Å². The molecule has 1 amide bonds. The van der Waals surface area contributed by atoms with Crippen LogP contribution in [0, 0.1) is 23.2 Å².